The van der Waals surface area contributed by atoms with E-state index >= 15 is 0 Å². The number of nitrogens with one attached hydrogen (secondary N) is 2. The zero-order valence-electron chi connectivity index (χ0n) is 7.44. The largest absolute Gasteiger partial charge is 0.348 e. The van der Waals surface area contributed by atoms with Crippen LogP contribution in [0.4, 0.5) is 0 Å². The molecule has 0 aliphatic heterocycles. The molecule has 12 heavy (non-hydrogen) atoms. The summed E-state index contributed by atoms with van der Waals surface area (Å²) in [5.41, 5.74) is 1.89. The molecule has 0 saturated heterocycles. The van der Waals surface area contributed by atoms with Crippen molar-refractivity contribution in [3.8, 4) is 11.8 Å². The van der Waals surface area contributed by atoms with Gasteiger partial charge in [-0.25, -0.2) is 4.98 Å². The molecule has 1 aromatic rings. The first kappa shape index (κ1) is 8.82. The van der Waals surface area contributed by atoms with Gasteiger partial charge in [0.25, 0.3) is 0 Å². The van der Waals surface area contributed by atoms with E-state index in [2.05, 4.69) is 27.1 Å². The van der Waals surface area contributed by atoms with Gasteiger partial charge in [0, 0.05) is 18.7 Å². The van der Waals surface area contributed by atoms with Crippen LogP contribution in [0.15, 0.2) is 6.33 Å². The molecule has 0 unspecified atom stereocenters. The van der Waals surface area contributed by atoms with Crippen molar-refractivity contribution in [2.75, 3.05) is 13.6 Å². The van der Waals surface area contributed by atoms with Crippen LogP contribution >= 0.6 is 0 Å². The second-order valence-electron chi connectivity index (χ2n) is 2.53. The van der Waals surface area contributed by atoms with E-state index in [0.717, 1.165) is 24.4 Å². The lowest BCUT2D eigenvalue weighted by Crippen LogP contribution is -2.05. The van der Waals surface area contributed by atoms with Gasteiger partial charge in [0.05, 0.1) is 6.33 Å². The lowest BCUT2D eigenvalue weighted by molar-refractivity contribution is 0.818. The predicted molar refractivity (Wildman–Crippen MR) is 48.7 cm³/mol. The zero-order valence-corrected chi connectivity index (χ0v) is 7.44. The Kier molecular flexibility index (Phi) is 3.36. The Hall–Kier alpha value is -1.27. The van der Waals surface area contributed by atoms with E-state index in [0.29, 0.717) is 0 Å². The van der Waals surface area contributed by atoms with Gasteiger partial charge in [-0.1, -0.05) is 5.92 Å². The van der Waals surface area contributed by atoms with Gasteiger partial charge in [-0.15, -0.1) is 0 Å². The number of imidazole rings is 1. The summed E-state index contributed by atoms with van der Waals surface area (Å²) >= 11 is 0. The van der Waals surface area contributed by atoms with Gasteiger partial charge in [0.1, 0.15) is 5.69 Å². The SMILES string of the molecule is CNCCC#Cc1nc[nH]c1C. The molecular weight excluding hydrogens is 150 g/mol. The first-order valence-electron chi connectivity index (χ1n) is 3.98. The monoisotopic (exact) mass is 163 g/mol. The van der Waals surface area contributed by atoms with Crippen molar-refractivity contribution >= 4 is 0 Å². The van der Waals surface area contributed by atoms with Crippen molar-refractivity contribution in [2.45, 2.75) is 13.3 Å². The number of hydrogen-bond donors (Lipinski definition) is 2. The lowest BCUT2D eigenvalue weighted by Gasteiger charge is -1.87. The van der Waals surface area contributed by atoms with Crippen molar-refractivity contribution in [3.05, 3.63) is 17.7 Å². The minimum atomic E-state index is 0.853. The van der Waals surface area contributed by atoms with Gasteiger partial charge in [-0.05, 0) is 19.9 Å². The number of hydrogen-bond acceptors (Lipinski definition) is 2. The van der Waals surface area contributed by atoms with Crippen LogP contribution in [0.25, 0.3) is 0 Å². The number of aromatic nitrogens is 2. The molecule has 0 spiro atoms. The normalized spacial score (nSPS) is 9.17. The van der Waals surface area contributed by atoms with Crippen LogP contribution in [0.2, 0.25) is 0 Å². The number of aromatic amines is 1. The summed E-state index contributed by atoms with van der Waals surface area (Å²) < 4.78 is 0. The van der Waals surface area contributed by atoms with Gasteiger partial charge >= 0.3 is 0 Å². The molecule has 0 bridgehead atoms. The first-order chi connectivity index (χ1) is 5.84. The van der Waals surface area contributed by atoms with Crippen LogP contribution < -0.4 is 5.32 Å². The molecular formula is C9H13N3. The molecule has 3 nitrogen and oxygen atoms in total. The van der Waals surface area contributed by atoms with Crippen LogP contribution in [-0.2, 0) is 0 Å². The average Bonchev–Trinajstić information content (AvgIpc) is 2.46. The molecule has 0 atom stereocenters. The smallest absolute Gasteiger partial charge is 0.133 e. The Bertz CT molecular complexity index is 290. The Morgan fingerprint density at radius 3 is 3.08 bits per heavy atom. The second kappa shape index (κ2) is 4.58. The van der Waals surface area contributed by atoms with Crippen LogP contribution in [0.3, 0.4) is 0 Å². The summed E-state index contributed by atoms with van der Waals surface area (Å²) in [4.78, 5) is 7.04. The molecule has 2 N–H and O–H groups in total. The predicted octanol–water partition coefficient (Wildman–Crippen LogP) is 0.679. The Morgan fingerprint density at radius 2 is 2.50 bits per heavy atom. The second-order valence-corrected chi connectivity index (χ2v) is 2.53. The third kappa shape index (κ3) is 2.40. The summed E-state index contributed by atoms with van der Waals surface area (Å²) in [5, 5.41) is 3.03. The highest BCUT2D eigenvalue weighted by atomic mass is 14.9. The number of H-pyrrole nitrogens is 1. The maximum absolute atomic E-state index is 4.06. The molecule has 0 saturated carbocycles. The molecule has 1 rings (SSSR count). The Labute approximate surface area is 72.6 Å². The number of aryl methyl sites for hydroxylation is 1. The van der Waals surface area contributed by atoms with E-state index in [1.54, 1.807) is 6.33 Å². The van der Waals surface area contributed by atoms with E-state index in [1.165, 1.54) is 0 Å². The molecule has 3 heteroatoms. The molecule has 0 aromatic carbocycles. The van der Waals surface area contributed by atoms with Crippen molar-refractivity contribution in [3.63, 3.8) is 0 Å². The van der Waals surface area contributed by atoms with E-state index in [1.807, 2.05) is 14.0 Å². The van der Waals surface area contributed by atoms with E-state index in [-0.39, 0.29) is 0 Å². The fourth-order valence-electron chi connectivity index (χ4n) is 0.819. The van der Waals surface area contributed by atoms with Crippen LogP contribution in [0, 0.1) is 18.8 Å². The van der Waals surface area contributed by atoms with E-state index < -0.39 is 0 Å². The first-order valence-corrected chi connectivity index (χ1v) is 3.98. The third-order valence-electron chi connectivity index (χ3n) is 1.54. The van der Waals surface area contributed by atoms with Crippen molar-refractivity contribution < 1.29 is 0 Å². The van der Waals surface area contributed by atoms with Crippen LogP contribution in [0.1, 0.15) is 17.8 Å². The van der Waals surface area contributed by atoms with Gasteiger partial charge in [-0.2, -0.15) is 0 Å². The van der Waals surface area contributed by atoms with Crippen LogP contribution in [0.5, 0.6) is 0 Å². The summed E-state index contributed by atoms with van der Waals surface area (Å²) in [5.74, 6) is 6.03. The summed E-state index contributed by atoms with van der Waals surface area (Å²) in [6, 6.07) is 0. The van der Waals surface area contributed by atoms with Gasteiger partial charge in [-0.3, -0.25) is 0 Å². The molecule has 0 amide bonds. The van der Waals surface area contributed by atoms with Gasteiger partial charge in [0.15, 0.2) is 0 Å². The Balaban J connectivity index is 2.49. The molecule has 1 aromatic heterocycles. The lowest BCUT2D eigenvalue weighted by atomic mass is 10.3. The zero-order chi connectivity index (χ0) is 8.81. The maximum atomic E-state index is 4.06. The van der Waals surface area contributed by atoms with Crippen LogP contribution in [-0.4, -0.2) is 23.6 Å². The van der Waals surface area contributed by atoms with E-state index in [9.17, 15) is 0 Å². The highest BCUT2D eigenvalue weighted by Crippen LogP contribution is 1.96. The summed E-state index contributed by atoms with van der Waals surface area (Å²) in [6.45, 7) is 2.89. The fraction of sp³-hybridized carbons (Fsp3) is 0.444. The minimum absolute atomic E-state index is 0.853. The average molecular weight is 163 g/mol. The number of nitrogens with zero attached hydrogens (tertiary/aromatic N) is 1. The fourth-order valence-corrected chi connectivity index (χ4v) is 0.819. The quantitative estimate of drug-likeness (QED) is 0.497. The molecule has 0 aliphatic carbocycles. The molecule has 64 valence electrons. The summed E-state index contributed by atoms with van der Waals surface area (Å²) in [6.07, 6.45) is 2.53. The van der Waals surface area contributed by atoms with Gasteiger partial charge in [0.2, 0.25) is 0 Å². The molecule has 1 heterocycles. The maximum Gasteiger partial charge on any atom is 0.133 e. The minimum Gasteiger partial charge on any atom is -0.348 e. The third-order valence-corrected chi connectivity index (χ3v) is 1.54. The molecule has 0 aliphatic rings. The van der Waals surface area contributed by atoms with Crippen molar-refractivity contribution in [2.24, 2.45) is 0 Å². The molecule has 0 radical (unpaired) electrons. The topological polar surface area (TPSA) is 40.7 Å². The van der Waals surface area contributed by atoms with Crippen molar-refractivity contribution in [1.82, 2.24) is 15.3 Å². The summed E-state index contributed by atoms with van der Waals surface area (Å²) in [7, 11) is 1.92. The standard InChI is InChI=1S/C9H13N3/c1-8-9(12-7-11-8)5-3-4-6-10-2/h7,10H,4,6H2,1-2H3,(H,11,12). The van der Waals surface area contributed by atoms with Gasteiger partial charge < -0.3 is 10.3 Å². The van der Waals surface area contributed by atoms with Crippen molar-refractivity contribution in [1.29, 1.82) is 0 Å². The number of rotatable bonds is 2. The highest BCUT2D eigenvalue weighted by molar-refractivity contribution is 5.30. The van der Waals surface area contributed by atoms with E-state index in [4.69, 9.17) is 0 Å². The molecule has 0 fully saturated rings. The Morgan fingerprint density at radius 1 is 1.67 bits per heavy atom. The highest BCUT2D eigenvalue weighted by Gasteiger charge is 1.93.